The number of aryl methyl sites for hydroxylation is 1. The predicted octanol–water partition coefficient (Wildman–Crippen LogP) is 2.90. The quantitative estimate of drug-likeness (QED) is 0.757. The zero-order chi connectivity index (χ0) is 12.7. The van der Waals surface area contributed by atoms with Gasteiger partial charge in [-0.15, -0.1) is 0 Å². The van der Waals surface area contributed by atoms with Crippen molar-refractivity contribution in [3.8, 4) is 0 Å². The second-order valence-electron chi connectivity index (χ2n) is 4.33. The van der Waals surface area contributed by atoms with Crippen molar-refractivity contribution < 1.29 is 0 Å². The highest BCUT2D eigenvalue weighted by atomic mass is 32.2. The minimum atomic E-state index is 0.441. The Morgan fingerprint density at radius 2 is 2.18 bits per heavy atom. The molecule has 2 nitrogen and oxygen atoms in total. The van der Waals surface area contributed by atoms with E-state index in [0.29, 0.717) is 12.6 Å². The number of rotatable bonds is 7. The summed E-state index contributed by atoms with van der Waals surface area (Å²) in [5.74, 6) is 2.37. The third kappa shape index (κ3) is 4.60. The molecule has 2 N–H and O–H groups in total. The number of nitrogens with zero attached hydrogens (tertiary/aromatic N) is 1. The van der Waals surface area contributed by atoms with Crippen LogP contribution in [0.15, 0.2) is 24.3 Å². The van der Waals surface area contributed by atoms with E-state index >= 15 is 0 Å². The summed E-state index contributed by atoms with van der Waals surface area (Å²) in [7, 11) is 2.14. The second kappa shape index (κ2) is 7.62. The predicted molar refractivity (Wildman–Crippen MR) is 80.0 cm³/mol. The average molecular weight is 252 g/mol. The number of nitrogens with two attached hydrogens (primary N) is 1. The fraction of sp³-hybridized carbons (Fsp3) is 0.571. The maximum Gasteiger partial charge on any atom is 0.0416 e. The molecule has 0 aromatic heterocycles. The minimum Gasteiger partial charge on any atom is -0.370 e. The van der Waals surface area contributed by atoms with Crippen molar-refractivity contribution in [2.45, 2.75) is 26.3 Å². The smallest absolute Gasteiger partial charge is 0.0416 e. The van der Waals surface area contributed by atoms with Crippen LogP contribution in [0.4, 0.5) is 5.69 Å². The lowest BCUT2D eigenvalue weighted by atomic mass is 10.1. The summed E-state index contributed by atoms with van der Waals surface area (Å²) >= 11 is 1.99. The van der Waals surface area contributed by atoms with Crippen LogP contribution in [0.3, 0.4) is 0 Å². The molecule has 0 amide bonds. The van der Waals surface area contributed by atoms with Crippen molar-refractivity contribution in [1.82, 2.24) is 0 Å². The molecule has 1 aromatic rings. The maximum absolute atomic E-state index is 5.88. The number of likely N-dealkylation sites (N-methyl/N-ethyl adjacent to an activating group) is 1. The van der Waals surface area contributed by atoms with E-state index in [9.17, 15) is 0 Å². The second-order valence-corrected chi connectivity index (χ2v) is 5.72. The first-order chi connectivity index (χ1) is 8.19. The zero-order valence-corrected chi connectivity index (χ0v) is 12.0. The van der Waals surface area contributed by atoms with Gasteiger partial charge < -0.3 is 10.6 Å². The average Bonchev–Trinajstić information content (AvgIpc) is 2.34. The van der Waals surface area contributed by atoms with Gasteiger partial charge in [0.25, 0.3) is 0 Å². The molecule has 0 aliphatic carbocycles. The molecule has 0 bridgehead atoms. The van der Waals surface area contributed by atoms with Gasteiger partial charge in [0, 0.05) is 25.3 Å². The third-order valence-electron chi connectivity index (χ3n) is 3.03. The third-order valence-corrected chi connectivity index (χ3v) is 3.96. The summed E-state index contributed by atoms with van der Waals surface area (Å²) in [6, 6.07) is 9.05. The van der Waals surface area contributed by atoms with Crippen molar-refractivity contribution in [2.75, 3.05) is 30.0 Å². The van der Waals surface area contributed by atoms with E-state index in [-0.39, 0.29) is 0 Å². The lowest BCUT2D eigenvalue weighted by Crippen LogP contribution is -2.38. The molecule has 0 aliphatic heterocycles. The summed E-state index contributed by atoms with van der Waals surface area (Å²) in [4.78, 5) is 2.31. The fourth-order valence-electron chi connectivity index (χ4n) is 1.89. The normalized spacial score (nSPS) is 12.5. The lowest BCUT2D eigenvalue weighted by Gasteiger charge is -2.29. The molecule has 1 rings (SSSR count). The molecule has 96 valence electrons. The van der Waals surface area contributed by atoms with Crippen LogP contribution in [-0.4, -0.2) is 31.1 Å². The standard InChI is InChI=1S/C14H24N2S/c1-4-17-9-8-14(11-15)16(3)13-7-5-6-12(2)10-13/h5-7,10,14H,4,8-9,11,15H2,1-3H3. The monoisotopic (exact) mass is 252 g/mol. The summed E-state index contributed by atoms with van der Waals surface area (Å²) in [6.45, 7) is 5.04. The topological polar surface area (TPSA) is 29.3 Å². The Labute approximate surface area is 110 Å². The molecule has 0 heterocycles. The minimum absolute atomic E-state index is 0.441. The Balaban J connectivity index is 2.61. The van der Waals surface area contributed by atoms with Gasteiger partial charge in [-0.3, -0.25) is 0 Å². The Morgan fingerprint density at radius 3 is 2.76 bits per heavy atom. The van der Waals surface area contributed by atoms with Gasteiger partial charge >= 0.3 is 0 Å². The first-order valence-corrected chi connectivity index (χ1v) is 7.41. The molecule has 0 saturated carbocycles. The van der Waals surface area contributed by atoms with Gasteiger partial charge in [-0.05, 0) is 42.5 Å². The molecule has 1 aromatic carbocycles. The van der Waals surface area contributed by atoms with Crippen molar-refractivity contribution in [3.63, 3.8) is 0 Å². The van der Waals surface area contributed by atoms with Crippen molar-refractivity contribution in [1.29, 1.82) is 0 Å². The highest BCUT2D eigenvalue weighted by Gasteiger charge is 2.13. The summed E-state index contributed by atoms with van der Waals surface area (Å²) in [5.41, 5.74) is 8.45. The molecule has 0 fully saturated rings. The van der Waals surface area contributed by atoms with Crippen LogP contribution in [0, 0.1) is 6.92 Å². The zero-order valence-electron chi connectivity index (χ0n) is 11.1. The van der Waals surface area contributed by atoms with E-state index in [1.165, 1.54) is 22.8 Å². The number of thioether (sulfide) groups is 1. The SMILES string of the molecule is CCSCCC(CN)N(C)c1cccc(C)c1. The maximum atomic E-state index is 5.88. The number of anilines is 1. The van der Waals surface area contributed by atoms with Crippen LogP contribution in [0.1, 0.15) is 18.9 Å². The van der Waals surface area contributed by atoms with E-state index in [2.05, 4.69) is 50.1 Å². The van der Waals surface area contributed by atoms with Crippen LogP contribution in [0.25, 0.3) is 0 Å². The van der Waals surface area contributed by atoms with Crippen LogP contribution >= 0.6 is 11.8 Å². The van der Waals surface area contributed by atoms with Crippen LogP contribution < -0.4 is 10.6 Å². The molecule has 1 unspecified atom stereocenters. The van der Waals surface area contributed by atoms with Gasteiger partial charge in [0.15, 0.2) is 0 Å². The fourth-order valence-corrected chi connectivity index (χ4v) is 2.62. The number of hydrogen-bond acceptors (Lipinski definition) is 3. The summed E-state index contributed by atoms with van der Waals surface area (Å²) in [6.07, 6.45) is 1.15. The first kappa shape index (κ1) is 14.4. The largest absolute Gasteiger partial charge is 0.370 e. The van der Waals surface area contributed by atoms with Crippen LogP contribution in [-0.2, 0) is 0 Å². The lowest BCUT2D eigenvalue weighted by molar-refractivity contribution is 0.623. The molecule has 0 radical (unpaired) electrons. The van der Waals surface area contributed by atoms with Gasteiger partial charge in [-0.2, -0.15) is 11.8 Å². The Hall–Kier alpha value is -0.670. The summed E-state index contributed by atoms with van der Waals surface area (Å²) < 4.78 is 0. The van der Waals surface area contributed by atoms with E-state index in [0.717, 1.165) is 6.42 Å². The molecule has 0 spiro atoms. The van der Waals surface area contributed by atoms with Gasteiger partial charge in [0.1, 0.15) is 0 Å². The van der Waals surface area contributed by atoms with E-state index in [1.807, 2.05) is 11.8 Å². The van der Waals surface area contributed by atoms with Crippen LogP contribution in [0.2, 0.25) is 0 Å². The van der Waals surface area contributed by atoms with Gasteiger partial charge in [0.2, 0.25) is 0 Å². The summed E-state index contributed by atoms with van der Waals surface area (Å²) in [5, 5.41) is 0. The first-order valence-electron chi connectivity index (χ1n) is 6.26. The van der Waals surface area contributed by atoms with Crippen molar-refractivity contribution in [2.24, 2.45) is 5.73 Å². The Morgan fingerprint density at radius 1 is 1.41 bits per heavy atom. The number of benzene rings is 1. The molecule has 0 aliphatic rings. The molecule has 3 heteroatoms. The van der Waals surface area contributed by atoms with Gasteiger partial charge in [-0.1, -0.05) is 19.1 Å². The highest BCUT2D eigenvalue weighted by molar-refractivity contribution is 7.99. The van der Waals surface area contributed by atoms with E-state index in [4.69, 9.17) is 5.73 Å². The molecular weight excluding hydrogens is 228 g/mol. The molecule has 0 saturated heterocycles. The highest BCUT2D eigenvalue weighted by Crippen LogP contribution is 2.18. The van der Waals surface area contributed by atoms with E-state index in [1.54, 1.807) is 0 Å². The van der Waals surface area contributed by atoms with E-state index < -0.39 is 0 Å². The molecule has 17 heavy (non-hydrogen) atoms. The Bertz CT molecular complexity index is 328. The molecular formula is C14H24N2S. The van der Waals surface area contributed by atoms with Crippen molar-refractivity contribution in [3.05, 3.63) is 29.8 Å². The van der Waals surface area contributed by atoms with Crippen LogP contribution in [0.5, 0.6) is 0 Å². The van der Waals surface area contributed by atoms with Gasteiger partial charge in [-0.25, -0.2) is 0 Å². The number of hydrogen-bond donors (Lipinski definition) is 1. The Kier molecular flexibility index (Phi) is 6.45. The van der Waals surface area contributed by atoms with Crippen molar-refractivity contribution >= 4 is 17.4 Å². The molecule has 1 atom stereocenters. The van der Waals surface area contributed by atoms with Gasteiger partial charge in [0.05, 0.1) is 0 Å².